The summed E-state index contributed by atoms with van der Waals surface area (Å²) in [6.07, 6.45) is 3.49. The number of hydrogen-bond donors (Lipinski definition) is 0. The van der Waals surface area contributed by atoms with E-state index in [0.717, 1.165) is 25.5 Å². The SMILES string of the molecule is CC#CC[C@H]1CC[C@H](C=O)O1. The minimum Gasteiger partial charge on any atom is -0.367 e. The van der Waals surface area contributed by atoms with Crippen LogP contribution < -0.4 is 0 Å². The van der Waals surface area contributed by atoms with Crippen LogP contribution in [0.3, 0.4) is 0 Å². The zero-order valence-corrected chi connectivity index (χ0v) is 6.67. The summed E-state index contributed by atoms with van der Waals surface area (Å²) in [5, 5.41) is 0. The van der Waals surface area contributed by atoms with Gasteiger partial charge in [0, 0.05) is 6.42 Å². The van der Waals surface area contributed by atoms with Gasteiger partial charge in [-0.05, 0) is 19.8 Å². The van der Waals surface area contributed by atoms with Gasteiger partial charge in [0.25, 0.3) is 0 Å². The molecule has 0 aromatic rings. The molecule has 1 aliphatic rings. The lowest BCUT2D eigenvalue weighted by molar-refractivity contribution is -0.117. The predicted molar refractivity (Wildman–Crippen MR) is 42.0 cm³/mol. The lowest BCUT2D eigenvalue weighted by Gasteiger charge is -2.04. The number of hydrogen-bond acceptors (Lipinski definition) is 2. The lowest BCUT2D eigenvalue weighted by atomic mass is 10.1. The van der Waals surface area contributed by atoms with Crippen molar-refractivity contribution in [3.05, 3.63) is 0 Å². The minimum absolute atomic E-state index is 0.168. The first-order valence-corrected chi connectivity index (χ1v) is 3.87. The average Bonchev–Trinajstić information content (AvgIpc) is 2.48. The van der Waals surface area contributed by atoms with E-state index in [9.17, 15) is 4.79 Å². The third kappa shape index (κ3) is 2.36. The molecule has 2 nitrogen and oxygen atoms in total. The maximum absolute atomic E-state index is 10.3. The summed E-state index contributed by atoms with van der Waals surface area (Å²) in [6.45, 7) is 1.81. The van der Waals surface area contributed by atoms with Crippen molar-refractivity contribution in [1.82, 2.24) is 0 Å². The first-order valence-electron chi connectivity index (χ1n) is 3.87. The Kier molecular flexibility index (Phi) is 3.13. The summed E-state index contributed by atoms with van der Waals surface area (Å²) in [7, 11) is 0. The summed E-state index contributed by atoms with van der Waals surface area (Å²) in [5.41, 5.74) is 0. The van der Waals surface area contributed by atoms with Gasteiger partial charge in [-0.25, -0.2) is 0 Å². The second-order valence-electron chi connectivity index (χ2n) is 2.64. The van der Waals surface area contributed by atoms with Crippen LogP contribution in [0.25, 0.3) is 0 Å². The smallest absolute Gasteiger partial charge is 0.148 e. The molecule has 2 heteroatoms. The van der Waals surface area contributed by atoms with Crippen LogP contribution in [-0.4, -0.2) is 18.5 Å². The van der Waals surface area contributed by atoms with Crippen LogP contribution in [0.15, 0.2) is 0 Å². The molecule has 0 radical (unpaired) electrons. The van der Waals surface area contributed by atoms with Crippen LogP contribution in [0.1, 0.15) is 26.2 Å². The Bertz CT molecular complexity index is 187. The van der Waals surface area contributed by atoms with Crippen LogP contribution in [0.4, 0.5) is 0 Å². The van der Waals surface area contributed by atoms with E-state index in [0.29, 0.717) is 0 Å². The summed E-state index contributed by atoms with van der Waals surface area (Å²) in [6, 6.07) is 0. The molecule has 2 atom stereocenters. The van der Waals surface area contributed by atoms with Gasteiger partial charge in [0.2, 0.25) is 0 Å². The molecule has 1 fully saturated rings. The van der Waals surface area contributed by atoms with E-state index in [4.69, 9.17) is 4.74 Å². The molecular weight excluding hydrogens is 140 g/mol. The van der Waals surface area contributed by atoms with Crippen LogP contribution in [0.2, 0.25) is 0 Å². The molecule has 0 aromatic carbocycles. The highest BCUT2D eigenvalue weighted by Gasteiger charge is 2.23. The van der Waals surface area contributed by atoms with E-state index >= 15 is 0 Å². The van der Waals surface area contributed by atoms with Gasteiger partial charge in [-0.1, -0.05) is 0 Å². The van der Waals surface area contributed by atoms with Crippen molar-refractivity contribution in [3.8, 4) is 11.8 Å². The molecule has 11 heavy (non-hydrogen) atoms. The monoisotopic (exact) mass is 152 g/mol. The predicted octanol–water partition coefficient (Wildman–Crippen LogP) is 1.15. The van der Waals surface area contributed by atoms with Crippen LogP contribution >= 0.6 is 0 Å². The third-order valence-corrected chi connectivity index (χ3v) is 1.80. The second-order valence-corrected chi connectivity index (χ2v) is 2.64. The Morgan fingerprint density at radius 2 is 2.45 bits per heavy atom. The third-order valence-electron chi connectivity index (χ3n) is 1.80. The van der Waals surface area contributed by atoms with Crippen molar-refractivity contribution >= 4 is 6.29 Å². The van der Waals surface area contributed by atoms with Gasteiger partial charge >= 0.3 is 0 Å². The number of ether oxygens (including phenoxy) is 1. The first kappa shape index (κ1) is 8.29. The molecule has 0 aromatic heterocycles. The van der Waals surface area contributed by atoms with Gasteiger partial charge in [-0.15, -0.1) is 11.8 Å². The normalized spacial score (nSPS) is 29.2. The Morgan fingerprint density at radius 1 is 1.64 bits per heavy atom. The fraction of sp³-hybridized carbons (Fsp3) is 0.667. The molecule has 0 saturated carbocycles. The zero-order valence-electron chi connectivity index (χ0n) is 6.67. The molecule has 0 N–H and O–H groups in total. The molecule has 1 aliphatic heterocycles. The summed E-state index contributed by atoms with van der Waals surface area (Å²) < 4.78 is 5.34. The molecule has 0 spiro atoms. The Balaban J connectivity index is 2.27. The van der Waals surface area contributed by atoms with Gasteiger partial charge in [-0.2, -0.15) is 0 Å². The zero-order chi connectivity index (χ0) is 8.10. The van der Waals surface area contributed by atoms with Crippen LogP contribution in [0, 0.1) is 11.8 Å². The van der Waals surface area contributed by atoms with Crippen LogP contribution in [-0.2, 0) is 9.53 Å². The highest BCUT2D eigenvalue weighted by Crippen LogP contribution is 2.19. The minimum atomic E-state index is -0.168. The fourth-order valence-electron chi connectivity index (χ4n) is 1.20. The first-order chi connectivity index (χ1) is 5.36. The highest BCUT2D eigenvalue weighted by atomic mass is 16.5. The summed E-state index contributed by atoms with van der Waals surface area (Å²) >= 11 is 0. The maximum atomic E-state index is 10.3. The topological polar surface area (TPSA) is 26.3 Å². The van der Waals surface area contributed by atoms with Gasteiger partial charge in [0.15, 0.2) is 0 Å². The van der Waals surface area contributed by atoms with Crippen molar-refractivity contribution in [2.24, 2.45) is 0 Å². The highest BCUT2D eigenvalue weighted by molar-refractivity contribution is 5.56. The van der Waals surface area contributed by atoms with Gasteiger partial charge in [0.05, 0.1) is 6.10 Å². The van der Waals surface area contributed by atoms with E-state index in [-0.39, 0.29) is 12.2 Å². The summed E-state index contributed by atoms with van der Waals surface area (Å²) in [5.74, 6) is 5.75. The molecule has 0 aliphatic carbocycles. The summed E-state index contributed by atoms with van der Waals surface area (Å²) in [4.78, 5) is 10.3. The average molecular weight is 152 g/mol. The molecule has 0 amide bonds. The van der Waals surface area contributed by atoms with Crippen molar-refractivity contribution in [3.63, 3.8) is 0 Å². The van der Waals surface area contributed by atoms with Gasteiger partial charge in [0.1, 0.15) is 12.4 Å². The molecule has 1 saturated heterocycles. The van der Waals surface area contributed by atoms with E-state index in [2.05, 4.69) is 11.8 Å². The molecule has 0 unspecified atom stereocenters. The Morgan fingerprint density at radius 3 is 3.00 bits per heavy atom. The fourth-order valence-corrected chi connectivity index (χ4v) is 1.20. The Labute approximate surface area is 66.9 Å². The number of carbonyl (C=O) groups excluding carboxylic acids is 1. The van der Waals surface area contributed by atoms with E-state index in [1.54, 1.807) is 0 Å². The van der Waals surface area contributed by atoms with Crippen molar-refractivity contribution in [2.75, 3.05) is 0 Å². The van der Waals surface area contributed by atoms with E-state index in [1.165, 1.54) is 0 Å². The standard InChI is InChI=1S/C9H12O2/c1-2-3-4-8-5-6-9(7-10)11-8/h7-9H,4-6H2,1H3/t8-,9+/m0/s1. The quantitative estimate of drug-likeness (QED) is 0.438. The van der Waals surface area contributed by atoms with Crippen LogP contribution in [0.5, 0.6) is 0 Å². The number of rotatable bonds is 2. The van der Waals surface area contributed by atoms with E-state index < -0.39 is 0 Å². The van der Waals surface area contributed by atoms with Crippen molar-refractivity contribution < 1.29 is 9.53 Å². The molecular formula is C9H12O2. The molecule has 0 bridgehead atoms. The Hall–Kier alpha value is -0.810. The largest absolute Gasteiger partial charge is 0.367 e. The number of carbonyl (C=O) groups is 1. The molecule has 60 valence electrons. The lowest BCUT2D eigenvalue weighted by Crippen LogP contribution is -2.10. The van der Waals surface area contributed by atoms with Crippen molar-refractivity contribution in [1.29, 1.82) is 0 Å². The molecule has 1 rings (SSSR count). The number of aldehydes is 1. The van der Waals surface area contributed by atoms with Gasteiger partial charge < -0.3 is 9.53 Å². The second kappa shape index (κ2) is 4.15. The van der Waals surface area contributed by atoms with Gasteiger partial charge in [-0.3, -0.25) is 0 Å². The maximum Gasteiger partial charge on any atom is 0.148 e. The molecule has 1 heterocycles. The van der Waals surface area contributed by atoms with E-state index in [1.807, 2.05) is 6.92 Å². The van der Waals surface area contributed by atoms with Crippen molar-refractivity contribution in [2.45, 2.75) is 38.4 Å².